The second-order valence-corrected chi connectivity index (χ2v) is 7.09. The van der Waals surface area contributed by atoms with Crippen molar-refractivity contribution in [2.24, 2.45) is 11.3 Å². The normalized spacial score (nSPS) is 34.7. The topological polar surface area (TPSA) is 40.5 Å². The number of carboxylic acid groups (broad SMARTS) is 1. The van der Waals surface area contributed by atoms with E-state index < -0.39 is 11.5 Å². The van der Waals surface area contributed by atoms with Gasteiger partial charge in [-0.3, -0.25) is 9.69 Å². The standard InChI is InChI=1S/C15H27NO2/c1-14(2,3)12-8-4-5-9-15(12,13(17)18)16-10-6-7-11-16/h12H,4-11H2,1-3H3,(H,17,18). The van der Waals surface area contributed by atoms with Crippen LogP contribution in [0.3, 0.4) is 0 Å². The lowest BCUT2D eigenvalue weighted by atomic mass is 9.61. The fourth-order valence-electron chi connectivity index (χ4n) is 4.19. The third kappa shape index (κ3) is 2.18. The van der Waals surface area contributed by atoms with E-state index in [2.05, 4.69) is 25.7 Å². The molecular weight excluding hydrogens is 226 g/mol. The van der Waals surface area contributed by atoms with E-state index in [-0.39, 0.29) is 11.3 Å². The molecule has 3 nitrogen and oxygen atoms in total. The van der Waals surface area contributed by atoms with E-state index in [1.165, 1.54) is 6.42 Å². The van der Waals surface area contributed by atoms with Crippen molar-refractivity contribution in [3.05, 3.63) is 0 Å². The number of rotatable bonds is 2. The highest BCUT2D eigenvalue weighted by molar-refractivity contribution is 5.79. The minimum Gasteiger partial charge on any atom is -0.480 e. The smallest absolute Gasteiger partial charge is 0.324 e. The van der Waals surface area contributed by atoms with Gasteiger partial charge in [0, 0.05) is 0 Å². The molecule has 1 aliphatic heterocycles. The summed E-state index contributed by atoms with van der Waals surface area (Å²) in [5.74, 6) is -0.307. The average Bonchev–Trinajstić information content (AvgIpc) is 2.81. The van der Waals surface area contributed by atoms with Crippen molar-refractivity contribution in [1.29, 1.82) is 0 Å². The maximum absolute atomic E-state index is 12.1. The van der Waals surface area contributed by atoms with Gasteiger partial charge in [-0.25, -0.2) is 0 Å². The lowest BCUT2D eigenvalue weighted by Gasteiger charge is -2.51. The van der Waals surface area contributed by atoms with Gasteiger partial charge >= 0.3 is 5.97 Å². The molecule has 0 aromatic heterocycles. The van der Waals surface area contributed by atoms with Crippen LogP contribution >= 0.6 is 0 Å². The summed E-state index contributed by atoms with van der Waals surface area (Å²) >= 11 is 0. The number of carbonyl (C=O) groups is 1. The van der Waals surface area contributed by atoms with Crippen LogP contribution < -0.4 is 0 Å². The monoisotopic (exact) mass is 253 g/mol. The van der Waals surface area contributed by atoms with Gasteiger partial charge in [0.2, 0.25) is 0 Å². The van der Waals surface area contributed by atoms with E-state index in [9.17, 15) is 9.90 Å². The molecule has 2 fully saturated rings. The first-order chi connectivity index (χ1) is 8.39. The first-order valence-corrected chi connectivity index (χ1v) is 7.37. The molecule has 2 unspecified atom stereocenters. The molecule has 2 rings (SSSR count). The summed E-state index contributed by atoms with van der Waals surface area (Å²) in [6.45, 7) is 8.56. The van der Waals surface area contributed by atoms with Crippen LogP contribution in [0, 0.1) is 11.3 Å². The van der Waals surface area contributed by atoms with Crippen molar-refractivity contribution in [1.82, 2.24) is 4.90 Å². The quantitative estimate of drug-likeness (QED) is 0.822. The number of hydrogen-bond donors (Lipinski definition) is 1. The van der Waals surface area contributed by atoms with Crippen molar-refractivity contribution in [2.75, 3.05) is 13.1 Å². The molecule has 0 amide bonds. The van der Waals surface area contributed by atoms with Gasteiger partial charge in [0.15, 0.2) is 0 Å². The van der Waals surface area contributed by atoms with E-state index in [1.54, 1.807) is 0 Å². The molecular formula is C15H27NO2. The van der Waals surface area contributed by atoms with Gasteiger partial charge in [-0.05, 0) is 50.1 Å². The number of nitrogens with zero attached hydrogens (tertiary/aromatic N) is 1. The van der Waals surface area contributed by atoms with Crippen LogP contribution in [0.2, 0.25) is 0 Å². The zero-order valence-electron chi connectivity index (χ0n) is 12.0. The van der Waals surface area contributed by atoms with Crippen molar-refractivity contribution < 1.29 is 9.90 Å². The fourth-order valence-corrected chi connectivity index (χ4v) is 4.19. The Bertz CT molecular complexity index is 315. The maximum atomic E-state index is 12.1. The zero-order chi connectivity index (χ0) is 13.4. The Kier molecular flexibility index (Phi) is 3.72. The summed E-state index contributed by atoms with van der Waals surface area (Å²) in [5, 5.41) is 9.94. The van der Waals surface area contributed by atoms with E-state index in [1.807, 2.05) is 0 Å². The summed E-state index contributed by atoms with van der Waals surface area (Å²) in [4.78, 5) is 14.4. The van der Waals surface area contributed by atoms with Crippen molar-refractivity contribution in [2.45, 2.75) is 64.8 Å². The molecule has 0 bridgehead atoms. The van der Waals surface area contributed by atoms with Crippen LogP contribution in [0.25, 0.3) is 0 Å². The third-order valence-electron chi connectivity index (χ3n) is 4.96. The number of carboxylic acids is 1. The summed E-state index contributed by atoms with van der Waals surface area (Å²) in [6, 6.07) is 0. The van der Waals surface area contributed by atoms with Gasteiger partial charge in [-0.1, -0.05) is 33.6 Å². The highest BCUT2D eigenvalue weighted by Gasteiger charge is 2.55. The van der Waals surface area contributed by atoms with Gasteiger partial charge in [-0.15, -0.1) is 0 Å². The number of aliphatic carboxylic acids is 1. The summed E-state index contributed by atoms with van der Waals surface area (Å²) < 4.78 is 0. The molecule has 2 aliphatic rings. The SMILES string of the molecule is CC(C)(C)C1CCCCC1(C(=O)O)N1CCCC1. The molecule has 104 valence electrons. The predicted octanol–water partition coefficient (Wildman–Crippen LogP) is 3.14. The summed E-state index contributed by atoms with van der Waals surface area (Å²) in [7, 11) is 0. The molecule has 3 heteroatoms. The Morgan fingerprint density at radius 3 is 2.28 bits per heavy atom. The second kappa shape index (κ2) is 4.84. The molecule has 1 saturated carbocycles. The average molecular weight is 253 g/mol. The molecule has 1 saturated heterocycles. The summed E-state index contributed by atoms with van der Waals surface area (Å²) in [5.41, 5.74) is -0.519. The van der Waals surface area contributed by atoms with Gasteiger partial charge in [0.05, 0.1) is 0 Å². The van der Waals surface area contributed by atoms with Crippen LogP contribution in [0.15, 0.2) is 0 Å². The molecule has 0 aromatic rings. The molecule has 1 heterocycles. The van der Waals surface area contributed by atoms with Gasteiger partial charge in [-0.2, -0.15) is 0 Å². The molecule has 1 N–H and O–H groups in total. The molecule has 0 radical (unpaired) electrons. The van der Waals surface area contributed by atoms with Crippen molar-refractivity contribution >= 4 is 5.97 Å². The lowest BCUT2D eigenvalue weighted by Crippen LogP contribution is -2.62. The third-order valence-corrected chi connectivity index (χ3v) is 4.96. The van der Waals surface area contributed by atoms with Gasteiger partial charge in [0.25, 0.3) is 0 Å². The molecule has 0 spiro atoms. The van der Waals surface area contributed by atoms with E-state index >= 15 is 0 Å². The molecule has 18 heavy (non-hydrogen) atoms. The van der Waals surface area contributed by atoms with Gasteiger partial charge < -0.3 is 5.11 Å². The minimum atomic E-state index is -0.590. The highest BCUT2D eigenvalue weighted by atomic mass is 16.4. The largest absolute Gasteiger partial charge is 0.480 e. The second-order valence-electron chi connectivity index (χ2n) is 7.09. The van der Waals surface area contributed by atoms with Crippen LogP contribution in [0.4, 0.5) is 0 Å². The molecule has 0 aromatic carbocycles. The van der Waals surface area contributed by atoms with Gasteiger partial charge in [0.1, 0.15) is 5.54 Å². The number of hydrogen-bond acceptors (Lipinski definition) is 2. The van der Waals surface area contributed by atoms with Crippen molar-refractivity contribution in [3.63, 3.8) is 0 Å². The Labute approximate surface area is 111 Å². The van der Waals surface area contributed by atoms with Crippen LogP contribution in [0.5, 0.6) is 0 Å². The lowest BCUT2D eigenvalue weighted by molar-refractivity contribution is -0.163. The first kappa shape index (κ1) is 13.9. The summed E-state index contributed by atoms with van der Waals surface area (Å²) in [6.07, 6.45) is 6.47. The Morgan fingerprint density at radius 2 is 1.78 bits per heavy atom. The van der Waals surface area contributed by atoms with Crippen LogP contribution in [-0.4, -0.2) is 34.6 Å². The highest BCUT2D eigenvalue weighted by Crippen LogP contribution is 2.48. The zero-order valence-corrected chi connectivity index (χ0v) is 12.0. The van der Waals surface area contributed by atoms with E-state index in [0.29, 0.717) is 0 Å². The van der Waals surface area contributed by atoms with Crippen LogP contribution in [-0.2, 0) is 4.79 Å². The Morgan fingerprint density at radius 1 is 1.17 bits per heavy atom. The Balaban J connectivity index is 2.38. The van der Waals surface area contributed by atoms with Crippen LogP contribution in [0.1, 0.15) is 59.3 Å². The number of likely N-dealkylation sites (tertiary alicyclic amines) is 1. The maximum Gasteiger partial charge on any atom is 0.324 e. The minimum absolute atomic E-state index is 0.0708. The van der Waals surface area contributed by atoms with E-state index in [0.717, 1.165) is 45.2 Å². The Hall–Kier alpha value is -0.570. The fraction of sp³-hybridized carbons (Fsp3) is 0.933. The predicted molar refractivity (Wildman–Crippen MR) is 72.6 cm³/mol. The first-order valence-electron chi connectivity index (χ1n) is 7.37. The molecule has 1 aliphatic carbocycles. The van der Waals surface area contributed by atoms with E-state index in [4.69, 9.17) is 0 Å². The van der Waals surface area contributed by atoms with Crippen molar-refractivity contribution in [3.8, 4) is 0 Å². The molecule has 2 atom stereocenters.